The molecule has 0 radical (unpaired) electrons. The summed E-state index contributed by atoms with van der Waals surface area (Å²) in [4.78, 5) is 27.3. The fourth-order valence-corrected chi connectivity index (χ4v) is 2.44. The predicted octanol–water partition coefficient (Wildman–Crippen LogP) is 3.49. The number of rotatable bonds is 5. The lowest BCUT2D eigenvalue weighted by atomic mass is 10.1. The molecule has 27 heavy (non-hydrogen) atoms. The molecule has 0 aliphatic carbocycles. The van der Waals surface area contributed by atoms with Gasteiger partial charge in [0.25, 0.3) is 0 Å². The molecule has 0 spiro atoms. The number of cyclic esters (lactones) is 1. The Kier molecular flexibility index (Phi) is 5.30. The van der Waals surface area contributed by atoms with Gasteiger partial charge < -0.3 is 14.2 Å². The molecule has 3 rings (SSSR count). The summed E-state index contributed by atoms with van der Waals surface area (Å²) in [5.41, 5.74) is 0.713. The number of esters is 2. The first-order valence-electron chi connectivity index (χ1n) is 8.20. The highest BCUT2D eigenvalue weighted by molar-refractivity contribution is 6.12. The number of carbonyl (C=O) groups is 2. The molecule has 2 aromatic carbocycles. The maximum atomic E-state index is 13.9. The molecule has 0 fully saturated rings. The summed E-state index contributed by atoms with van der Waals surface area (Å²) in [6.45, 7) is 3.45. The lowest BCUT2D eigenvalue weighted by Crippen LogP contribution is -2.07. The van der Waals surface area contributed by atoms with Crippen molar-refractivity contribution in [3.05, 3.63) is 65.1 Å². The van der Waals surface area contributed by atoms with Gasteiger partial charge in [-0.25, -0.2) is 14.2 Å². The van der Waals surface area contributed by atoms with Crippen LogP contribution >= 0.6 is 0 Å². The van der Waals surface area contributed by atoms with E-state index in [1.165, 1.54) is 31.2 Å². The average molecular weight is 369 g/mol. The summed E-state index contributed by atoms with van der Waals surface area (Å²) in [5, 5.41) is 0. The number of aliphatic imine (C=N–C) groups is 1. The third-order valence-electron chi connectivity index (χ3n) is 3.55. The van der Waals surface area contributed by atoms with Gasteiger partial charge in [0.1, 0.15) is 5.82 Å². The Morgan fingerprint density at radius 1 is 1.22 bits per heavy atom. The lowest BCUT2D eigenvalue weighted by molar-refractivity contribution is -0.132. The van der Waals surface area contributed by atoms with E-state index in [0.717, 1.165) is 0 Å². The van der Waals surface area contributed by atoms with Gasteiger partial charge in [0, 0.05) is 6.92 Å². The number of nitrogens with zero attached hydrogens (tertiary/aromatic N) is 1. The molecular formula is C20H16FNO5. The van der Waals surface area contributed by atoms with Crippen LogP contribution < -0.4 is 9.47 Å². The molecule has 0 atom stereocenters. The molecule has 0 aromatic heterocycles. The number of hydrogen-bond donors (Lipinski definition) is 0. The highest BCUT2D eigenvalue weighted by Crippen LogP contribution is 2.30. The zero-order valence-corrected chi connectivity index (χ0v) is 14.7. The van der Waals surface area contributed by atoms with Crippen LogP contribution in [0.1, 0.15) is 25.0 Å². The summed E-state index contributed by atoms with van der Waals surface area (Å²) in [5.74, 6) is -1.15. The lowest BCUT2D eigenvalue weighted by Gasteiger charge is -2.10. The fraction of sp³-hybridized carbons (Fsp3) is 0.150. The maximum Gasteiger partial charge on any atom is 0.363 e. The Balaban J connectivity index is 1.93. The number of hydrogen-bond acceptors (Lipinski definition) is 6. The topological polar surface area (TPSA) is 74.2 Å². The number of carbonyl (C=O) groups excluding carboxylic acids is 2. The Bertz CT molecular complexity index is 965. The SMILES string of the molecule is CCOc1cc(/C=C2/N=C(c3ccccc3F)OC2=O)ccc1OC(C)=O. The molecule has 1 aliphatic heterocycles. The van der Waals surface area contributed by atoms with E-state index in [-0.39, 0.29) is 22.9 Å². The summed E-state index contributed by atoms with van der Waals surface area (Å²) in [7, 11) is 0. The van der Waals surface area contributed by atoms with Gasteiger partial charge in [0.2, 0.25) is 5.90 Å². The van der Waals surface area contributed by atoms with Crippen molar-refractivity contribution in [2.75, 3.05) is 6.61 Å². The van der Waals surface area contributed by atoms with Crippen LogP contribution in [-0.2, 0) is 14.3 Å². The minimum absolute atomic E-state index is 0.0240. The van der Waals surface area contributed by atoms with Crippen molar-refractivity contribution in [1.29, 1.82) is 0 Å². The van der Waals surface area contributed by atoms with E-state index in [4.69, 9.17) is 14.2 Å². The quantitative estimate of drug-likeness (QED) is 0.458. The minimum Gasteiger partial charge on any atom is -0.490 e. The molecule has 0 saturated heterocycles. The van der Waals surface area contributed by atoms with E-state index >= 15 is 0 Å². The van der Waals surface area contributed by atoms with E-state index in [2.05, 4.69) is 4.99 Å². The first kappa shape index (κ1) is 18.3. The van der Waals surface area contributed by atoms with Crippen LogP contribution in [-0.4, -0.2) is 24.4 Å². The summed E-state index contributed by atoms with van der Waals surface area (Å²) >= 11 is 0. The first-order chi connectivity index (χ1) is 13.0. The second kappa shape index (κ2) is 7.82. The van der Waals surface area contributed by atoms with Crippen molar-refractivity contribution in [1.82, 2.24) is 0 Å². The molecule has 6 nitrogen and oxygen atoms in total. The Labute approximate surface area is 154 Å². The van der Waals surface area contributed by atoms with Gasteiger partial charge >= 0.3 is 11.9 Å². The van der Waals surface area contributed by atoms with E-state index in [1.54, 1.807) is 31.2 Å². The van der Waals surface area contributed by atoms with Crippen molar-refractivity contribution >= 4 is 23.9 Å². The predicted molar refractivity (Wildman–Crippen MR) is 95.9 cm³/mol. The third kappa shape index (κ3) is 4.20. The molecule has 7 heteroatoms. The Morgan fingerprint density at radius 2 is 2.00 bits per heavy atom. The van der Waals surface area contributed by atoms with E-state index < -0.39 is 17.8 Å². The van der Waals surface area contributed by atoms with Crippen molar-refractivity contribution in [2.45, 2.75) is 13.8 Å². The second-order valence-electron chi connectivity index (χ2n) is 5.55. The average Bonchev–Trinajstić information content (AvgIpc) is 2.98. The normalized spacial score (nSPS) is 14.7. The largest absolute Gasteiger partial charge is 0.490 e. The van der Waals surface area contributed by atoms with Crippen LogP contribution in [0.5, 0.6) is 11.5 Å². The molecule has 138 valence electrons. The number of ether oxygens (including phenoxy) is 3. The van der Waals surface area contributed by atoms with Crippen LogP contribution in [0, 0.1) is 5.82 Å². The van der Waals surface area contributed by atoms with Crippen LogP contribution in [0.3, 0.4) is 0 Å². The summed E-state index contributed by atoms with van der Waals surface area (Å²) < 4.78 is 29.5. The Hall–Kier alpha value is -3.48. The van der Waals surface area contributed by atoms with Crippen molar-refractivity contribution in [3.8, 4) is 11.5 Å². The highest BCUT2D eigenvalue weighted by atomic mass is 19.1. The van der Waals surface area contributed by atoms with Gasteiger partial charge in [-0.15, -0.1) is 0 Å². The smallest absolute Gasteiger partial charge is 0.363 e. The standard InChI is InChI=1S/C20H16FNO5/c1-3-25-18-11-13(8-9-17(18)26-12(2)23)10-16-20(24)27-19(22-16)14-6-4-5-7-15(14)21/h4-11H,3H2,1-2H3/b16-10+. The second-order valence-corrected chi connectivity index (χ2v) is 5.55. The minimum atomic E-state index is -0.685. The third-order valence-corrected chi connectivity index (χ3v) is 3.55. The molecular weight excluding hydrogens is 353 g/mol. The van der Waals surface area contributed by atoms with Crippen molar-refractivity contribution in [2.24, 2.45) is 4.99 Å². The monoisotopic (exact) mass is 369 g/mol. The fourth-order valence-electron chi connectivity index (χ4n) is 2.44. The molecule has 0 bridgehead atoms. The van der Waals surface area contributed by atoms with Gasteiger partial charge in [-0.3, -0.25) is 4.79 Å². The number of halogens is 1. The van der Waals surface area contributed by atoms with Gasteiger partial charge in [-0.1, -0.05) is 18.2 Å². The summed E-state index contributed by atoms with van der Waals surface area (Å²) in [6.07, 6.45) is 1.48. The molecule has 0 unspecified atom stereocenters. The molecule has 1 aliphatic rings. The zero-order chi connectivity index (χ0) is 19.4. The van der Waals surface area contributed by atoms with E-state index in [1.807, 2.05) is 0 Å². The molecule has 2 aromatic rings. The van der Waals surface area contributed by atoms with Gasteiger partial charge in [0.05, 0.1) is 12.2 Å². The maximum absolute atomic E-state index is 13.9. The van der Waals surface area contributed by atoms with Crippen LogP contribution in [0.15, 0.2) is 53.2 Å². The summed E-state index contributed by atoms with van der Waals surface area (Å²) in [6, 6.07) is 10.7. The van der Waals surface area contributed by atoms with E-state index in [0.29, 0.717) is 17.9 Å². The van der Waals surface area contributed by atoms with Gasteiger partial charge in [-0.05, 0) is 42.8 Å². The van der Waals surface area contributed by atoms with Crippen LogP contribution in [0.25, 0.3) is 6.08 Å². The first-order valence-corrected chi connectivity index (χ1v) is 8.20. The molecule has 1 heterocycles. The highest BCUT2D eigenvalue weighted by Gasteiger charge is 2.26. The molecule has 0 saturated carbocycles. The zero-order valence-electron chi connectivity index (χ0n) is 14.7. The van der Waals surface area contributed by atoms with Crippen LogP contribution in [0.4, 0.5) is 4.39 Å². The molecule has 0 N–H and O–H groups in total. The number of benzene rings is 2. The van der Waals surface area contributed by atoms with Crippen molar-refractivity contribution < 1.29 is 28.2 Å². The van der Waals surface area contributed by atoms with E-state index in [9.17, 15) is 14.0 Å². The molecule has 0 amide bonds. The van der Waals surface area contributed by atoms with Crippen LogP contribution in [0.2, 0.25) is 0 Å². The Morgan fingerprint density at radius 3 is 2.70 bits per heavy atom. The van der Waals surface area contributed by atoms with Gasteiger partial charge in [-0.2, -0.15) is 0 Å². The van der Waals surface area contributed by atoms with Crippen molar-refractivity contribution in [3.63, 3.8) is 0 Å². The van der Waals surface area contributed by atoms with Gasteiger partial charge in [0.15, 0.2) is 17.2 Å².